The van der Waals surface area contributed by atoms with Gasteiger partial charge in [-0.3, -0.25) is 0 Å². The molecular formula is C18H19F3N6. The van der Waals surface area contributed by atoms with Crippen molar-refractivity contribution < 1.29 is 13.2 Å². The van der Waals surface area contributed by atoms with E-state index in [0.29, 0.717) is 37.0 Å². The number of benzene rings is 1. The molecule has 2 fully saturated rings. The Labute approximate surface area is 154 Å². The number of anilines is 1. The van der Waals surface area contributed by atoms with E-state index in [1.807, 2.05) is 4.90 Å². The van der Waals surface area contributed by atoms with Crippen molar-refractivity contribution in [1.82, 2.24) is 14.9 Å². The molecule has 2 N–H and O–H groups in total. The second-order valence-corrected chi connectivity index (χ2v) is 6.72. The van der Waals surface area contributed by atoms with Crippen LogP contribution in [0.15, 0.2) is 35.6 Å². The number of hydrogen-bond donors (Lipinski definition) is 1. The first-order valence-electron chi connectivity index (χ1n) is 8.77. The van der Waals surface area contributed by atoms with Crippen molar-refractivity contribution in [1.29, 1.82) is 0 Å². The molecular weight excluding hydrogens is 357 g/mol. The van der Waals surface area contributed by atoms with Crippen molar-refractivity contribution in [3.05, 3.63) is 53.6 Å². The molecule has 9 heteroatoms. The van der Waals surface area contributed by atoms with Gasteiger partial charge < -0.3 is 15.5 Å². The van der Waals surface area contributed by atoms with E-state index in [9.17, 15) is 13.2 Å². The van der Waals surface area contributed by atoms with Crippen LogP contribution < -0.4 is 10.6 Å². The van der Waals surface area contributed by atoms with Gasteiger partial charge in [-0.15, -0.1) is 0 Å². The van der Waals surface area contributed by atoms with Gasteiger partial charge in [0.1, 0.15) is 0 Å². The number of rotatable bonds is 3. The summed E-state index contributed by atoms with van der Waals surface area (Å²) in [7, 11) is 0. The maximum absolute atomic E-state index is 13.4. The van der Waals surface area contributed by atoms with E-state index in [-0.39, 0.29) is 12.0 Å². The zero-order valence-corrected chi connectivity index (χ0v) is 14.5. The summed E-state index contributed by atoms with van der Waals surface area (Å²) in [5.74, 6) is -2.82. The number of nitrogens with two attached hydrogens (primary N) is 1. The maximum atomic E-state index is 13.4. The minimum Gasteiger partial charge on any atom is -0.370 e. The summed E-state index contributed by atoms with van der Waals surface area (Å²) in [4.78, 5) is 17.0. The van der Waals surface area contributed by atoms with Gasteiger partial charge in [-0.1, -0.05) is 0 Å². The molecule has 1 aliphatic heterocycles. The van der Waals surface area contributed by atoms with Gasteiger partial charge in [0.2, 0.25) is 5.95 Å². The Hall–Kier alpha value is -2.84. The fourth-order valence-electron chi connectivity index (χ4n) is 3.31. The van der Waals surface area contributed by atoms with Crippen LogP contribution in [0.1, 0.15) is 17.9 Å². The Morgan fingerprint density at radius 2 is 1.67 bits per heavy atom. The average Bonchev–Trinajstić information content (AvgIpc) is 3.45. The van der Waals surface area contributed by atoms with Crippen molar-refractivity contribution in [2.45, 2.75) is 18.4 Å². The SMILES string of the molecule is NC(=N[C@@H]1C[C@H]1c1cc(F)c(F)c(F)c1)N1CCN(c2ncccn2)CC1. The van der Waals surface area contributed by atoms with Gasteiger partial charge in [-0.25, -0.2) is 28.1 Å². The van der Waals surface area contributed by atoms with E-state index in [0.717, 1.165) is 25.2 Å². The molecule has 2 atom stereocenters. The third-order valence-electron chi connectivity index (χ3n) is 4.93. The first-order valence-corrected chi connectivity index (χ1v) is 8.77. The van der Waals surface area contributed by atoms with Crippen LogP contribution in [0.3, 0.4) is 0 Å². The molecule has 1 aliphatic carbocycles. The fourth-order valence-corrected chi connectivity index (χ4v) is 3.31. The van der Waals surface area contributed by atoms with Crippen LogP contribution in [0, 0.1) is 17.5 Å². The van der Waals surface area contributed by atoms with Gasteiger partial charge in [-0.05, 0) is 30.2 Å². The molecule has 1 saturated carbocycles. The van der Waals surface area contributed by atoms with Crippen LogP contribution in [0.25, 0.3) is 0 Å². The molecule has 1 aromatic carbocycles. The molecule has 2 heterocycles. The molecule has 0 radical (unpaired) electrons. The normalized spacial score (nSPS) is 22.9. The minimum absolute atomic E-state index is 0.132. The van der Waals surface area contributed by atoms with Gasteiger partial charge in [0.25, 0.3) is 0 Å². The molecule has 1 saturated heterocycles. The molecule has 2 aromatic rings. The summed E-state index contributed by atoms with van der Waals surface area (Å²) in [6.45, 7) is 2.82. The smallest absolute Gasteiger partial charge is 0.225 e. The minimum atomic E-state index is -1.45. The van der Waals surface area contributed by atoms with E-state index in [1.54, 1.807) is 18.5 Å². The molecule has 0 amide bonds. The van der Waals surface area contributed by atoms with Gasteiger partial charge in [0.05, 0.1) is 6.04 Å². The van der Waals surface area contributed by atoms with Crippen LogP contribution in [0.5, 0.6) is 0 Å². The molecule has 0 spiro atoms. The Morgan fingerprint density at radius 1 is 1.04 bits per heavy atom. The Kier molecular flexibility index (Phi) is 4.59. The molecule has 1 aromatic heterocycles. The van der Waals surface area contributed by atoms with Crippen LogP contribution >= 0.6 is 0 Å². The highest BCUT2D eigenvalue weighted by Gasteiger charge is 2.40. The Balaban J connectivity index is 1.36. The summed E-state index contributed by atoms with van der Waals surface area (Å²) in [5.41, 5.74) is 6.53. The standard InChI is InChI=1S/C18H19F3N6/c19-13-8-11(9-14(20)16(13)21)12-10-15(12)25-17(22)26-4-6-27(7-5-26)18-23-2-1-3-24-18/h1-3,8-9,12,15H,4-7,10H2,(H2,22,25)/t12-,15+/m0/s1. The lowest BCUT2D eigenvalue weighted by Gasteiger charge is -2.35. The molecule has 0 unspecified atom stereocenters. The highest BCUT2D eigenvalue weighted by atomic mass is 19.2. The number of aliphatic imine (C=N–C) groups is 1. The van der Waals surface area contributed by atoms with Crippen LogP contribution in [-0.2, 0) is 0 Å². The van der Waals surface area contributed by atoms with E-state index in [1.165, 1.54) is 0 Å². The number of aromatic nitrogens is 2. The Morgan fingerprint density at radius 3 is 2.30 bits per heavy atom. The van der Waals surface area contributed by atoms with Crippen LogP contribution in [-0.4, -0.2) is 53.0 Å². The van der Waals surface area contributed by atoms with Crippen LogP contribution in [0.4, 0.5) is 19.1 Å². The number of nitrogens with zero attached hydrogens (tertiary/aromatic N) is 5. The fraction of sp³-hybridized carbons (Fsp3) is 0.389. The molecule has 2 aliphatic rings. The van der Waals surface area contributed by atoms with E-state index in [4.69, 9.17) is 5.73 Å². The topological polar surface area (TPSA) is 70.6 Å². The average molecular weight is 376 g/mol. The maximum Gasteiger partial charge on any atom is 0.225 e. The second kappa shape index (κ2) is 7.05. The van der Waals surface area contributed by atoms with Crippen molar-refractivity contribution in [2.75, 3.05) is 31.1 Å². The van der Waals surface area contributed by atoms with Gasteiger partial charge in [0, 0.05) is 44.5 Å². The summed E-state index contributed by atoms with van der Waals surface area (Å²) >= 11 is 0. The Bertz CT molecular complexity index is 828. The predicted molar refractivity (Wildman–Crippen MR) is 94.9 cm³/mol. The summed E-state index contributed by atoms with van der Waals surface area (Å²) in [6, 6.07) is 3.71. The zero-order valence-electron chi connectivity index (χ0n) is 14.5. The molecule has 6 nitrogen and oxygen atoms in total. The highest BCUT2D eigenvalue weighted by molar-refractivity contribution is 5.79. The lowest BCUT2D eigenvalue weighted by atomic mass is 10.1. The van der Waals surface area contributed by atoms with Crippen molar-refractivity contribution in [3.63, 3.8) is 0 Å². The first-order chi connectivity index (χ1) is 13.0. The summed E-state index contributed by atoms with van der Waals surface area (Å²) < 4.78 is 39.9. The monoisotopic (exact) mass is 376 g/mol. The van der Waals surface area contributed by atoms with E-state index >= 15 is 0 Å². The highest BCUT2D eigenvalue weighted by Crippen LogP contribution is 2.44. The lowest BCUT2D eigenvalue weighted by Crippen LogP contribution is -2.51. The molecule has 0 bridgehead atoms. The summed E-state index contributed by atoms with van der Waals surface area (Å²) in [6.07, 6.45) is 4.06. The zero-order chi connectivity index (χ0) is 19.0. The number of hydrogen-bond acceptors (Lipinski definition) is 4. The predicted octanol–water partition coefficient (Wildman–Crippen LogP) is 1.89. The third-order valence-corrected chi connectivity index (χ3v) is 4.93. The lowest BCUT2D eigenvalue weighted by molar-refractivity contribution is 0.378. The van der Waals surface area contributed by atoms with Gasteiger partial charge >= 0.3 is 0 Å². The van der Waals surface area contributed by atoms with Crippen LogP contribution in [0.2, 0.25) is 0 Å². The summed E-state index contributed by atoms with van der Waals surface area (Å²) in [5, 5.41) is 0. The van der Waals surface area contributed by atoms with Crippen molar-refractivity contribution in [3.8, 4) is 0 Å². The largest absolute Gasteiger partial charge is 0.370 e. The van der Waals surface area contributed by atoms with Gasteiger partial charge in [-0.2, -0.15) is 0 Å². The number of piperazine rings is 1. The molecule has 142 valence electrons. The molecule has 27 heavy (non-hydrogen) atoms. The van der Waals surface area contributed by atoms with Gasteiger partial charge in [0.15, 0.2) is 23.4 Å². The van der Waals surface area contributed by atoms with Crippen molar-refractivity contribution in [2.24, 2.45) is 10.7 Å². The third kappa shape index (κ3) is 3.67. The van der Waals surface area contributed by atoms with E-state index < -0.39 is 17.5 Å². The van der Waals surface area contributed by atoms with Crippen molar-refractivity contribution >= 4 is 11.9 Å². The first kappa shape index (κ1) is 17.6. The van der Waals surface area contributed by atoms with E-state index in [2.05, 4.69) is 19.9 Å². The quantitative estimate of drug-likeness (QED) is 0.503. The molecule has 4 rings (SSSR count). The second-order valence-electron chi connectivity index (χ2n) is 6.72. The number of halogens is 3. The number of guanidine groups is 1.